The van der Waals surface area contributed by atoms with Crippen LogP contribution in [0, 0.1) is 17.2 Å². The van der Waals surface area contributed by atoms with E-state index in [-0.39, 0.29) is 0 Å². The summed E-state index contributed by atoms with van der Waals surface area (Å²) in [4.78, 5) is 0. The number of ether oxygens (including phenoxy) is 1. The second-order valence-electron chi connectivity index (χ2n) is 5.76. The number of hydrazone groups is 1. The van der Waals surface area contributed by atoms with Crippen molar-refractivity contribution in [2.45, 2.75) is 19.8 Å². The van der Waals surface area contributed by atoms with Crippen molar-refractivity contribution in [2.75, 3.05) is 7.11 Å². The summed E-state index contributed by atoms with van der Waals surface area (Å²) in [7, 11) is 1.63. The molecule has 1 heterocycles. The van der Waals surface area contributed by atoms with Crippen LogP contribution in [0.4, 0.5) is 0 Å². The van der Waals surface area contributed by atoms with E-state index in [1.807, 2.05) is 37.3 Å². The Kier molecular flexibility index (Phi) is 4.03. The summed E-state index contributed by atoms with van der Waals surface area (Å²) in [5, 5.41) is 15.5. The van der Waals surface area contributed by atoms with Gasteiger partial charge in [-0.3, -0.25) is 0 Å². The molecule has 1 aromatic rings. The molecule has 4 heteroatoms. The highest BCUT2D eigenvalue weighted by atomic mass is 16.5. The van der Waals surface area contributed by atoms with Crippen LogP contribution < -0.4 is 0 Å². The van der Waals surface area contributed by atoms with Crippen molar-refractivity contribution in [1.82, 2.24) is 5.01 Å². The van der Waals surface area contributed by atoms with E-state index in [1.54, 1.807) is 18.2 Å². The van der Waals surface area contributed by atoms with Crippen LogP contribution in [-0.2, 0) is 4.74 Å². The summed E-state index contributed by atoms with van der Waals surface area (Å²) in [5.74, 6) is 1.23. The first-order valence-electron chi connectivity index (χ1n) is 7.65. The minimum atomic E-state index is 0.581. The van der Waals surface area contributed by atoms with E-state index in [1.165, 1.54) is 12.8 Å². The first-order valence-corrected chi connectivity index (χ1v) is 7.65. The van der Waals surface area contributed by atoms with E-state index < -0.39 is 0 Å². The van der Waals surface area contributed by atoms with Crippen molar-refractivity contribution in [1.29, 1.82) is 5.26 Å². The van der Waals surface area contributed by atoms with Gasteiger partial charge in [0, 0.05) is 17.4 Å². The minimum absolute atomic E-state index is 0.581. The third kappa shape index (κ3) is 3.04. The molecule has 1 aliphatic carbocycles. The summed E-state index contributed by atoms with van der Waals surface area (Å²) >= 11 is 0. The average molecular weight is 305 g/mol. The maximum atomic E-state index is 9.09. The van der Waals surface area contributed by atoms with Gasteiger partial charge in [0.1, 0.15) is 0 Å². The quantitative estimate of drug-likeness (QED) is 0.789. The van der Waals surface area contributed by atoms with E-state index in [4.69, 9.17) is 15.1 Å². The third-order valence-corrected chi connectivity index (χ3v) is 4.11. The Morgan fingerprint density at radius 3 is 2.83 bits per heavy atom. The molecule has 0 aromatic heterocycles. The summed E-state index contributed by atoms with van der Waals surface area (Å²) in [6, 6.07) is 9.67. The Labute approximate surface area is 136 Å². The zero-order valence-electron chi connectivity index (χ0n) is 13.4. The Morgan fingerprint density at radius 2 is 2.17 bits per heavy atom. The number of allylic oxidation sites excluding steroid dienone is 3. The molecule has 0 amide bonds. The molecule has 0 atom stereocenters. The molecule has 0 unspecified atom stereocenters. The predicted molar refractivity (Wildman–Crippen MR) is 91.0 cm³/mol. The average Bonchev–Trinajstić information content (AvgIpc) is 3.41. The summed E-state index contributed by atoms with van der Waals surface area (Å²) in [5.41, 5.74) is 4.36. The molecule has 116 valence electrons. The van der Waals surface area contributed by atoms with Gasteiger partial charge < -0.3 is 4.74 Å². The van der Waals surface area contributed by atoms with E-state index in [0.717, 1.165) is 22.5 Å². The number of nitrogens with zero attached hydrogens (tertiary/aromatic N) is 3. The number of hydrogen-bond donors (Lipinski definition) is 0. The predicted octanol–water partition coefficient (Wildman–Crippen LogP) is 4.04. The van der Waals surface area contributed by atoms with Crippen LogP contribution in [0.3, 0.4) is 0 Å². The lowest BCUT2D eigenvalue weighted by Crippen LogP contribution is -2.22. The van der Waals surface area contributed by atoms with Crippen molar-refractivity contribution in [3.8, 4) is 6.07 Å². The van der Waals surface area contributed by atoms with E-state index in [9.17, 15) is 0 Å². The molecule has 0 spiro atoms. The third-order valence-electron chi connectivity index (χ3n) is 4.11. The highest BCUT2D eigenvalue weighted by molar-refractivity contribution is 5.87. The lowest BCUT2D eigenvalue weighted by atomic mass is 9.99. The van der Waals surface area contributed by atoms with Gasteiger partial charge in [-0.05, 0) is 49.5 Å². The zero-order chi connectivity index (χ0) is 16.4. The number of hydrogen-bond acceptors (Lipinski definition) is 4. The summed E-state index contributed by atoms with van der Waals surface area (Å²) in [6.45, 7) is 6.23. The molecule has 2 aliphatic rings. The Hall–Kier alpha value is -2.80. The molecule has 1 aromatic carbocycles. The molecular formula is C19H19N3O. The van der Waals surface area contributed by atoms with Crippen LogP contribution in [0.1, 0.15) is 30.9 Å². The van der Waals surface area contributed by atoms with Gasteiger partial charge in [-0.25, -0.2) is 5.01 Å². The van der Waals surface area contributed by atoms with Gasteiger partial charge in [0.05, 0.1) is 24.4 Å². The van der Waals surface area contributed by atoms with Crippen molar-refractivity contribution in [2.24, 2.45) is 11.0 Å². The molecule has 1 fully saturated rings. The first-order chi connectivity index (χ1) is 11.1. The van der Waals surface area contributed by atoms with Gasteiger partial charge in [-0.2, -0.15) is 10.4 Å². The standard InChI is InChI=1S/C19H19N3O/c1-13(16-7-8-16)21-22-14(2)18(9-10-19(22)23-3)17-6-4-5-15(11-17)12-20/h4-6,9-11,16H,2,7-8H2,1,3H3/b21-13+. The van der Waals surface area contributed by atoms with Crippen molar-refractivity contribution >= 4 is 11.3 Å². The molecular weight excluding hydrogens is 286 g/mol. The zero-order valence-corrected chi connectivity index (χ0v) is 13.4. The number of nitriles is 1. The molecule has 0 N–H and O–H groups in total. The van der Waals surface area contributed by atoms with E-state index in [2.05, 4.69) is 12.6 Å². The lowest BCUT2D eigenvalue weighted by molar-refractivity contribution is 0.185. The van der Waals surface area contributed by atoms with Crippen molar-refractivity contribution in [3.63, 3.8) is 0 Å². The van der Waals surface area contributed by atoms with Crippen LogP contribution >= 0.6 is 0 Å². The van der Waals surface area contributed by atoms with Gasteiger partial charge >= 0.3 is 0 Å². The van der Waals surface area contributed by atoms with Crippen LogP contribution in [0.2, 0.25) is 0 Å². The largest absolute Gasteiger partial charge is 0.481 e. The molecule has 0 saturated heterocycles. The second-order valence-corrected chi connectivity index (χ2v) is 5.76. The number of rotatable bonds is 4. The Morgan fingerprint density at radius 1 is 1.39 bits per heavy atom. The highest BCUT2D eigenvalue weighted by Crippen LogP contribution is 2.35. The van der Waals surface area contributed by atoms with Crippen LogP contribution in [0.25, 0.3) is 5.57 Å². The fourth-order valence-corrected chi connectivity index (χ4v) is 2.59. The van der Waals surface area contributed by atoms with Crippen LogP contribution in [0.15, 0.2) is 59.7 Å². The molecule has 23 heavy (non-hydrogen) atoms. The smallest absolute Gasteiger partial charge is 0.214 e. The van der Waals surface area contributed by atoms with Gasteiger partial charge in [0.25, 0.3) is 0 Å². The fourth-order valence-electron chi connectivity index (χ4n) is 2.59. The van der Waals surface area contributed by atoms with Crippen LogP contribution in [0.5, 0.6) is 0 Å². The van der Waals surface area contributed by atoms with E-state index >= 15 is 0 Å². The SMILES string of the molecule is C=C1C(c2cccc(C#N)c2)=CC=C(OC)N1/N=C(\C)C1CC1. The van der Waals surface area contributed by atoms with Crippen LogP contribution in [-0.4, -0.2) is 17.8 Å². The molecule has 4 nitrogen and oxygen atoms in total. The molecule has 1 aliphatic heterocycles. The Bertz CT molecular complexity index is 776. The fraction of sp³-hybridized carbons (Fsp3) is 0.263. The normalized spacial score (nSPS) is 18.2. The molecule has 0 radical (unpaired) electrons. The van der Waals surface area contributed by atoms with Gasteiger partial charge in [0.2, 0.25) is 5.88 Å². The van der Waals surface area contributed by atoms with Gasteiger partial charge in [-0.15, -0.1) is 0 Å². The Balaban J connectivity index is 1.97. The topological polar surface area (TPSA) is 48.6 Å². The monoisotopic (exact) mass is 305 g/mol. The lowest BCUT2D eigenvalue weighted by Gasteiger charge is -2.28. The van der Waals surface area contributed by atoms with E-state index in [0.29, 0.717) is 17.4 Å². The molecule has 3 rings (SSSR count). The molecule has 1 saturated carbocycles. The van der Waals surface area contributed by atoms with Crippen molar-refractivity contribution < 1.29 is 4.74 Å². The first kappa shape index (κ1) is 15.1. The number of benzene rings is 1. The summed E-state index contributed by atoms with van der Waals surface area (Å²) in [6.07, 6.45) is 6.24. The summed E-state index contributed by atoms with van der Waals surface area (Å²) < 4.78 is 5.43. The highest BCUT2D eigenvalue weighted by Gasteiger charge is 2.27. The molecule has 0 bridgehead atoms. The minimum Gasteiger partial charge on any atom is -0.481 e. The second kappa shape index (κ2) is 6.13. The maximum absolute atomic E-state index is 9.09. The van der Waals surface area contributed by atoms with Crippen molar-refractivity contribution in [3.05, 3.63) is 65.7 Å². The van der Waals surface area contributed by atoms with Gasteiger partial charge in [-0.1, -0.05) is 18.7 Å². The van der Waals surface area contributed by atoms with Gasteiger partial charge in [0.15, 0.2) is 0 Å². The maximum Gasteiger partial charge on any atom is 0.214 e. The number of methoxy groups -OCH3 is 1.